The van der Waals surface area contributed by atoms with Crippen LogP contribution >= 0.6 is 22.6 Å². The first kappa shape index (κ1) is 21.0. The molecule has 0 aliphatic heterocycles. The third-order valence-corrected chi connectivity index (χ3v) is 5.99. The number of aromatic nitrogens is 2. The molecule has 7 heteroatoms. The summed E-state index contributed by atoms with van der Waals surface area (Å²) in [6, 6.07) is 17.5. The number of hydrazone groups is 1. The van der Waals surface area contributed by atoms with Crippen LogP contribution in [0.25, 0.3) is 16.6 Å². The van der Waals surface area contributed by atoms with Gasteiger partial charge in [-0.25, -0.2) is 5.43 Å². The van der Waals surface area contributed by atoms with E-state index < -0.39 is 0 Å². The summed E-state index contributed by atoms with van der Waals surface area (Å²) in [6.45, 7) is 4.09. The zero-order valence-corrected chi connectivity index (χ0v) is 19.5. The van der Waals surface area contributed by atoms with Crippen LogP contribution < -0.4 is 10.2 Å². The molecule has 0 aliphatic carbocycles. The van der Waals surface area contributed by atoms with E-state index >= 15 is 0 Å². The number of nitrogens with zero attached hydrogens (tertiary/aromatic N) is 3. The van der Waals surface area contributed by atoms with Gasteiger partial charge in [-0.2, -0.15) is 5.10 Å². The maximum atomic E-state index is 12.4. The number of aryl methyl sites for hydroxylation is 1. The molecule has 156 valence electrons. The highest BCUT2D eigenvalue weighted by atomic mass is 127. The molecule has 0 unspecified atom stereocenters. The molecule has 0 fully saturated rings. The second-order valence-electron chi connectivity index (χ2n) is 7.09. The molecule has 4 rings (SSSR count). The fourth-order valence-corrected chi connectivity index (χ4v) is 4.10. The highest BCUT2D eigenvalue weighted by Gasteiger charge is 2.11. The summed E-state index contributed by atoms with van der Waals surface area (Å²) in [5.74, 6) is 0.369. The number of pyridine rings is 1. The fraction of sp³-hybridized carbons (Fsp3) is 0.125. The van der Waals surface area contributed by atoms with Gasteiger partial charge in [-0.3, -0.25) is 9.78 Å². The van der Waals surface area contributed by atoms with Crippen molar-refractivity contribution in [2.24, 2.45) is 5.10 Å². The van der Waals surface area contributed by atoms with Crippen molar-refractivity contribution in [3.05, 3.63) is 86.9 Å². The molecule has 31 heavy (non-hydrogen) atoms. The summed E-state index contributed by atoms with van der Waals surface area (Å²) < 4.78 is 8.39. The highest BCUT2D eigenvalue weighted by Crippen LogP contribution is 2.23. The molecule has 1 amide bonds. The highest BCUT2D eigenvalue weighted by molar-refractivity contribution is 14.1. The van der Waals surface area contributed by atoms with Crippen molar-refractivity contribution in [1.29, 1.82) is 0 Å². The lowest BCUT2D eigenvalue weighted by atomic mass is 10.2. The van der Waals surface area contributed by atoms with Crippen molar-refractivity contribution in [3.8, 4) is 11.4 Å². The number of methoxy groups -OCH3 is 1. The first-order valence-electron chi connectivity index (χ1n) is 9.69. The average molecular weight is 524 g/mol. The summed E-state index contributed by atoms with van der Waals surface area (Å²) in [7, 11) is 1.58. The van der Waals surface area contributed by atoms with Crippen LogP contribution in [0.5, 0.6) is 5.75 Å². The molecule has 2 heterocycles. The minimum atomic E-state index is -0.290. The minimum absolute atomic E-state index is 0.290. The Hall–Kier alpha value is -3.20. The maximum absolute atomic E-state index is 12.4. The van der Waals surface area contributed by atoms with E-state index in [4.69, 9.17) is 4.74 Å². The molecule has 4 aromatic rings. The summed E-state index contributed by atoms with van der Waals surface area (Å²) in [5, 5.41) is 5.25. The van der Waals surface area contributed by atoms with Crippen molar-refractivity contribution in [3.63, 3.8) is 0 Å². The van der Waals surface area contributed by atoms with Gasteiger partial charge in [0, 0.05) is 39.8 Å². The first-order valence-corrected chi connectivity index (χ1v) is 10.8. The largest absolute Gasteiger partial charge is 0.496 e. The number of halogens is 1. The van der Waals surface area contributed by atoms with Crippen LogP contribution in [0, 0.1) is 17.4 Å². The molecule has 6 nitrogen and oxygen atoms in total. The maximum Gasteiger partial charge on any atom is 0.271 e. The molecular weight excluding hydrogens is 503 g/mol. The summed E-state index contributed by atoms with van der Waals surface area (Å²) in [4.78, 5) is 16.8. The lowest BCUT2D eigenvalue weighted by Crippen LogP contribution is -2.17. The van der Waals surface area contributed by atoms with Gasteiger partial charge < -0.3 is 9.30 Å². The van der Waals surface area contributed by atoms with Crippen LogP contribution in [0.3, 0.4) is 0 Å². The Labute approximate surface area is 194 Å². The van der Waals surface area contributed by atoms with Crippen LogP contribution in [0.2, 0.25) is 0 Å². The summed E-state index contributed by atoms with van der Waals surface area (Å²) >= 11 is 2.16. The second-order valence-corrected chi connectivity index (χ2v) is 8.25. The van der Waals surface area contributed by atoms with Gasteiger partial charge in [0.15, 0.2) is 0 Å². The zero-order valence-electron chi connectivity index (χ0n) is 17.4. The lowest BCUT2D eigenvalue weighted by molar-refractivity contribution is 0.0954. The van der Waals surface area contributed by atoms with Gasteiger partial charge in [-0.05, 0) is 85.0 Å². The number of hydrogen-bond acceptors (Lipinski definition) is 4. The quantitative estimate of drug-likeness (QED) is 0.227. The molecule has 0 spiro atoms. The van der Waals surface area contributed by atoms with Crippen molar-refractivity contribution < 1.29 is 9.53 Å². The van der Waals surface area contributed by atoms with Gasteiger partial charge >= 0.3 is 0 Å². The Morgan fingerprint density at radius 3 is 2.81 bits per heavy atom. The molecule has 0 bridgehead atoms. The number of rotatable bonds is 5. The van der Waals surface area contributed by atoms with E-state index in [0.29, 0.717) is 11.3 Å². The Bertz CT molecular complexity index is 1310. The predicted molar refractivity (Wildman–Crippen MR) is 131 cm³/mol. The predicted octanol–water partition coefficient (Wildman–Crippen LogP) is 5.02. The number of carbonyl (C=O) groups is 1. The van der Waals surface area contributed by atoms with E-state index in [1.807, 2.05) is 38.1 Å². The van der Waals surface area contributed by atoms with Crippen molar-refractivity contribution in [1.82, 2.24) is 15.0 Å². The Balaban J connectivity index is 1.55. The molecular formula is C24H21IN4O2. The second kappa shape index (κ2) is 8.89. The Morgan fingerprint density at radius 1 is 1.16 bits per heavy atom. The molecule has 0 atom stereocenters. The summed E-state index contributed by atoms with van der Waals surface area (Å²) in [5.41, 5.74) is 8.16. The van der Waals surface area contributed by atoms with E-state index in [0.717, 1.165) is 37.1 Å². The third-order valence-electron chi connectivity index (χ3n) is 5.10. The van der Waals surface area contributed by atoms with Crippen LogP contribution in [0.15, 0.2) is 65.9 Å². The molecule has 0 saturated heterocycles. The SMILES string of the molecule is COc1cc(C(=O)N/N=C/c2cc(C)n(-c3ccc4ncccc4c3)c2C)ccc1I. The normalized spacial score (nSPS) is 11.2. The average Bonchev–Trinajstić information content (AvgIpc) is 3.06. The molecule has 1 N–H and O–H groups in total. The molecule has 2 aromatic heterocycles. The molecule has 0 aliphatic rings. The number of carbonyl (C=O) groups excluding carboxylic acids is 1. The number of amides is 1. The van der Waals surface area contributed by atoms with Crippen LogP contribution in [-0.4, -0.2) is 28.8 Å². The van der Waals surface area contributed by atoms with E-state index in [-0.39, 0.29) is 5.91 Å². The van der Waals surface area contributed by atoms with Crippen molar-refractivity contribution in [2.45, 2.75) is 13.8 Å². The van der Waals surface area contributed by atoms with Gasteiger partial charge in [0.25, 0.3) is 5.91 Å². The van der Waals surface area contributed by atoms with Gasteiger partial charge in [0.05, 0.1) is 22.4 Å². The number of fused-ring (bicyclic) bond motifs is 1. The van der Waals surface area contributed by atoms with Gasteiger partial charge in [-0.1, -0.05) is 6.07 Å². The van der Waals surface area contributed by atoms with Crippen LogP contribution in [0.4, 0.5) is 0 Å². The molecule has 2 aromatic carbocycles. The fourth-order valence-electron chi connectivity index (χ4n) is 3.54. The minimum Gasteiger partial charge on any atom is -0.496 e. The Morgan fingerprint density at radius 2 is 2.00 bits per heavy atom. The first-order chi connectivity index (χ1) is 15.0. The standard InChI is InChI=1S/C24H21IN4O2/c1-15-11-19(14-27-28-24(30)18-6-8-21(25)23(13-18)31-3)16(2)29(15)20-7-9-22-17(12-20)5-4-10-26-22/h4-14H,1-3H3,(H,28,30)/b27-14+. The van der Waals surface area contributed by atoms with Crippen molar-refractivity contribution >= 4 is 45.6 Å². The molecule has 0 saturated carbocycles. The lowest BCUT2D eigenvalue weighted by Gasteiger charge is -2.10. The Kier molecular flexibility index (Phi) is 6.03. The topological polar surface area (TPSA) is 68.5 Å². The summed E-state index contributed by atoms with van der Waals surface area (Å²) in [6.07, 6.45) is 3.46. The van der Waals surface area contributed by atoms with Crippen molar-refractivity contribution in [2.75, 3.05) is 7.11 Å². The van der Waals surface area contributed by atoms with E-state index in [9.17, 15) is 4.79 Å². The van der Waals surface area contributed by atoms with E-state index in [2.05, 4.69) is 60.9 Å². The van der Waals surface area contributed by atoms with Gasteiger partial charge in [-0.15, -0.1) is 0 Å². The zero-order chi connectivity index (χ0) is 22.0. The van der Waals surface area contributed by atoms with E-state index in [1.165, 1.54) is 0 Å². The monoisotopic (exact) mass is 524 g/mol. The smallest absolute Gasteiger partial charge is 0.271 e. The van der Waals surface area contributed by atoms with Gasteiger partial charge in [0.1, 0.15) is 5.75 Å². The number of nitrogens with one attached hydrogen (secondary N) is 1. The number of hydrogen-bond donors (Lipinski definition) is 1. The molecule has 0 radical (unpaired) electrons. The number of ether oxygens (including phenoxy) is 1. The van der Waals surface area contributed by atoms with Gasteiger partial charge in [0.2, 0.25) is 0 Å². The number of benzene rings is 2. The van der Waals surface area contributed by atoms with Crippen LogP contribution in [-0.2, 0) is 0 Å². The third kappa shape index (κ3) is 4.32. The van der Waals surface area contributed by atoms with Crippen LogP contribution in [0.1, 0.15) is 27.3 Å². The van der Waals surface area contributed by atoms with E-state index in [1.54, 1.807) is 31.7 Å².